The number of nitrogens with zero attached hydrogens (tertiary/aromatic N) is 4. The number of aryl methyl sites for hydroxylation is 1. The van der Waals surface area contributed by atoms with Crippen molar-refractivity contribution in [3.63, 3.8) is 0 Å². The standard InChI is InChI=1S/C23H22F4N4O/c1-14-28-7-3-2-4-8-29-21(30-14)22(32)31-12-16-9-15(10-17(16)13-31)19-11-18(24)5-6-20(19)23(25,26)27/h2-8,11,15-17H,9-10,12-13H2,1H3/t15?,16-,17?/m0/s1. The predicted molar refractivity (Wildman–Crippen MR) is 108 cm³/mol. The summed E-state index contributed by atoms with van der Waals surface area (Å²) in [4.78, 5) is 27.1. The van der Waals surface area contributed by atoms with Crippen molar-refractivity contribution >= 4 is 5.91 Å². The van der Waals surface area contributed by atoms with Gasteiger partial charge in [0, 0.05) is 25.5 Å². The number of amides is 1. The SMILES string of the molecule is Cc1ncccccnc(C(=O)N2CC3CC(c4cc(F)ccc4C(F)(F)F)C[C@H]3C2)n1. The van der Waals surface area contributed by atoms with E-state index in [-0.39, 0.29) is 35.0 Å². The van der Waals surface area contributed by atoms with Gasteiger partial charge in [-0.25, -0.2) is 19.3 Å². The van der Waals surface area contributed by atoms with Crippen molar-refractivity contribution in [2.75, 3.05) is 13.1 Å². The fourth-order valence-corrected chi connectivity index (χ4v) is 4.73. The third-order valence-electron chi connectivity index (χ3n) is 6.11. The Morgan fingerprint density at radius 2 is 1.69 bits per heavy atom. The Morgan fingerprint density at radius 3 is 2.34 bits per heavy atom. The van der Waals surface area contributed by atoms with E-state index in [0.717, 1.165) is 18.2 Å². The zero-order valence-corrected chi connectivity index (χ0v) is 17.4. The average molecular weight is 446 g/mol. The molecule has 0 N–H and O–H groups in total. The smallest absolute Gasteiger partial charge is 0.335 e. The van der Waals surface area contributed by atoms with Gasteiger partial charge in [0.15, 0.2) is 0 Å². The number of carbonyl (C=O) groups is 1. The summed E-state index contributed by atoms with van der Waals surface area (Å²) in [5.74, 6) is -0.875. The van der Waals surface area contributed by atoms with Gasteiger partial charge in [-0.05, 0) is 73.4 Å². The fourth-order valence-electron chi connectivity index (χ4n) is 4.73. The van der Waals surface area contributed by atoms with Crippen molar-refractivity contribution in [1.82, 2.24) is 19.9 Å². The van der Waals surface area contributed by atoms with Gasteiger partial charge in [0.1, 0.15) is 11.6 Å². The lowest BCUT2D eigenvalue weighted by molar-refractivity contribution is -0.138. The molecule has 9 heteroatoms. The number of benzene rings is 1. The zero-order valence-electron chi connectivity index (χ0n) is 17.4. The highest BCUT2D eigenvalue weighted by Gasteiger charge is 2.45. The molecule has 4 rings (SSSR count). The van der Waals surface area contributed by atoms with Crippen molar-refractivity contribution in [3.8, 4) is 0 Å². The summed E-state index contributed by atoms with van der Waals surface area (Å²) < 4.78 is 54.0. The van der Waals surface area contributed by atoms with Crippen LogP contribution in [0.25, 0.3) is 0 Å². The first-order valence-electron chi connectivity index (χ1n) is 10.4. The van der Waals surface area contributed by atoms with Crippen LogP contribution < -0.4 is 0 Å². The van der Waals surface area contributed by atoms with Gasteiger partial charge in [0.25, 0.3) is 5.91 Å². The maximum atomic E-state index is 13.7. The van der Waals surface area contributed by atoms with Crippen LogP contribution in [0.4, 0.5) is 17.6 Å². The van der Waals surface area contributed by atoms with Crippen LogP contribution in [0.5, 0.6) is 0 Å². The highest BCUT2D eigenvalue weighted by molar-refractivity contribution is 5.90. The van der Waals surface area contributed by atoms with E-state index < -0.39 is 17.6 Å². The summed E-state index contributed by atoms with van der Waals surface area (Å²) in [6.07, 6.45) is -0.527. The second-order valence-electron chi connectivity index (χ2n) is 8.24. The number of hydrogen-bond donors (Lipinski definition) is 0. The monoisotopic (exact) mass is 446 g/mol. The molecule has 2 aromatic rings. The number of aromatic nitrogens is 3. The first kappa shape index (κ1) is 22.1. The molecule has 2 heterocycles. The minimum absolute atomic E-state index is 0.0118. The molecule has 1 aromatic heterocycles. The summed E-state index contributed by atoms with van der Waals surface area (Å²) in [7, 11) is 0. The van der Waals surface area contributed by atoms with Crippen LogP contribution >= 0.6 is 0 Å². The molecule has 0 radical (unpaired) electrons. The maximum Gasteiger partial charge on any atom is 0.416 e. The molecule has 1 aromatic carbocycles. The number of likely N-dealkylation sites (tertiary alicyclic amines) is 1. The van der Waals surface area contributed by atoms with Crippen molar-refractivity contribution in [2.45, 2.75) is 31.9 Å². The Bertz CT molecular complexity index is 1060. The first-order chi connectivity index (χ1) is 15.2. The van der Waals surface area contributed by atoms with Gasteiger partial charge in [0.2, 0.25) is 5.82 Å². The summed E-state index contributed by atoms with van der Waals surface area (Å²) in [6.45, 7) is 2.49. The van der Waals surface area contributed by atoms with Crippen molar-refractivity contribution < 1.29 is 22.4 Å². The molecule has 1 saturated carbocycles. The number of rotatable bonds is 2. The van der Waals surface area contributed by atoms with Crippen LogP contribution in [0.15, 0.2) is 48.8 Å². The summed E-state index contributed by atoms with van der Waals surface area (Å²) in [5, 5.41) is 0. The Hall–Kier alpha value is -3.10. The molecule has 5 nitrogen and oxygen atoms in total. The highest BCUT2D eigenvalue weighted by Crippen LogP contribution is 2.49. The Morgan fingerprint density at radius 1 is 1.03 bits per heavy atom. The molecule has 32 heavy (non-hydrogen) atoms. The average Bonchev–Trinajstić information content (AvgIpc) is 3.30. The zero-order chi connectivity index (χ0) is 22.9. The summed E-state index contributed by atoms with van der Waals surface area (Å²) in [6, 6.07) is 7.78. The summed E-state index contributed by atoms with van der Waals surface area (Å²) in [5.41, 5.74) is -0.767. The van der Waals surface area contributed by atoms with Crippen LogP contribution in [0.3, 0.4) is 0 Å². The van der Waals surface area contributed by atoms with E-state index in [4.69, 9.17) is 0 Å². The third-order valence-corrected chi connectivity index (χ3v) is 6.11. The van der Waals surface area contributed by atoms with Gasteiger partial charge in [-0.15, -0.1) is 0 Å². The molecular formula is C23H22F4N4O. The quantitative estimate of drug-likeness (QED) is 0.626. The number of alkyl halides is 3. The van der Waals surface area contributed by atoms with E-state index in [1.54, 1.807) is 36.2 Å². The first-order valence-corrected chi connectivity index (χ1v) is 10.4. The van der Waals surface area contributed by atoms with Gasteiger partial charge < -0.3 is 4.90 Å². The van der Waals surface area contributed by atoms with Crippen LogP contribution in [-0.2, 0) is 6.18 Å². The van der Waals surface area contributed by atoms with E-state index in [2.05, 4.69) is 15.0 Å². The van der Waals surface area contributed by atoms with Gasteiger partial charge in [0.05, 0.1) is 5.56 Å². The third kappa shape index (κ3) is 4.71. The van der Waals surface area contributed by atoms with E-state index in [1.165, 1.54) is 6.20 Å². The number of hydrogen-bond acceptors (Lipinski definition) is 4. The van der Waals surface area contributed by atoms with Crippen molar-refractivity contribution in [2.24, 2.45) is 11.8 Å². The molecule has 0 bridgehead atoms. The molecule has 1 saturated heterocycles. The van der Waals surface area contributed by atoms with Crippen molar-refractivity contribution in [3.05, 3.63) is 77.4 Å². The highest BCUT2D eigenvalue weighted by atomic mass is 19.4. The lowest BCUT2D eigenvalue weighted by Gasteiger charge is -2.21. The van der Waals surface area contributed by atoms with Gasteiger partial charge in [-0.1, -0.05) is 6.07 Å². The van der Waals surface area contributed by atoms with Crippen molar-refractivity contribution in [1.29, 1.82) is 0 Å². The number of carbonyl (C=O) groups excluding carboxylic acids is 1. The van der Waals surface area contributed by atoms with Gasteiger partial charge >= 0.3 is 6.18 Å². The molecule has 1 aliphatic carbocycles. The predicted octanol–water partition coefficient (Wildman–Crippen LogP) is 4.73. The molecule has 168 valence electrons. The van der Waals surface area contributed by atoms with E-state index in [1.807, 2.05) is 0 Å². The number of fused-ring (bicyclic) bond motifs is 1. The van der Waals surface area contributed by atoms with E-state index in [0.29, 0.717) is 31.8 Å². The van der Waals surface area contributed by atoms with Crippen LogP contribution in [-0.4, -0.2) is 38.8 Å². The lowest BCUT2D eigenvalue weighted by Crippen LogP contribution is -2.31. The van der Waals surface area contributed by atoms with E-state index >= 15 is 0 Å². The minimum Gasteiger partial charge on any atom is -0.335 e. The molecule has 1 amide bonds. The lowest BCUT2D eigenvalue weighted by atomic mass is 9.91. The Kier molecular flexibility index (Phi) is 6.08. The second-order valence-corrected chi connectivity index (χ2v) is 8.24. The molecular weight excluding hydrogens is 424 g/mol. The molecule has 1 aliphatic heterocycles. The fraction of sp³-hybridized carbons (Fsp3) is 0.391. The maximum absolute atomic E-state index is 13.7. The molecule has 0 spiro atoms. The molecule has 2 fully saturated rings. The Balaban J connectivity index is 1.52. The topological polar surface area (TPSA) is 59.0 Å². The van der Waals surface area contributed by atoms with Crippen LogP contribution in [0.2, 0.25) is 0 Å². The molecule has 2 unspecified atom stereocenters. The minimum atomic E-state index is -4.53. The second kappa shape index (κ2) is 8.80. The number of halogens is 4. The van der Waals surface area contributed by atoms with Gasteiger partial charge in [-0.2, -0.15) is 13.2 Å². The summed E-state index contributed by atoms with van der Waals surface area (Å²) >= 11 is 0. The van der Waals surface area contributed by atoms with Crippen LogP contribution in [0, 0.1) is 24.6 Å². The normalized spacial score (nSPS) is 22.4. The Labute approximate surface area is 182 Å². The van der Waals surface area contributed by atoms with E-state index in [9.17, 15) is 22.4 Å². The largest absolute Gasteiger partial charge is 0.416 e. The van der Waals surface area contributed by atoms with Crippen LogP contribution in [0.1, 0.15) is 46.3 Å². The van der Waals surface area contributed by atoms with Gasteiger partial charge in [-0.3, -0.25) is 4.79 Å². The molecule has 2 aliphatic rings. The molecule has 3 atom stereocenters.